The number of carbonyl (C=O) groups excluding carboxylic acids is 1. The molecule has 0 bridgehead atoms. The van der Waals surface area contributed by atoms with Gasteiger partial charge >= 0.3 is 0 Å². The molecule has 11 heteroatoms. The van der Waals surface area contributed by atoms with Crippen LogP contribution in [0.3, 0.4) is 0 Å². The quantitative estimate of drug-likeness (QED) is 0.276. The highest BCUT2D eigenvalue weighted by molar-refractivity contribution is 7.89. The van der Waals surface area contributed by atoms with Crippen LogP contribution in [0, 0.1) is 24.5 Å². The van der Waals surface area contributed by atoms with E-state index in [1.54, 1.807) is 4.90 Å². The molecule has 0 saturated carbocycles. The number of hydrogen-bond acceptors (Lipinski definition) is 5. The summed E-state index contributed by atoms with van der Waals surface area (Å²) in [7, 11) is -4.16. The molecule has 1 saturated heterocycles. The van der Waals surface area contributed by atoms with Gasteiger partial charge in [-0.1, -0.05) is 59.3 Å². The van der Waals surface area contributed by atoms with Crippen molar-refractivity contribution in [1.82, 2.24) is 9.29 Å². The van der Waals surface area contributed by atoms with Crippen LogP contribution in [0.5, 0.6) is 0 Å². The van der Waals surface area contributed by atoms with E-state index in [4.69, 9.17) is 16.6 Å². The fourth-order valence-corrected chi connectivity index (χ4v) is 7.44. The van der Waals surface area contributed by atoms with Crippen molar-refractivity contribution in [1.29, 1.82) is 0 Å². The predicted molar refractivity (Wildman–Crippen MR) is 145 cm³/mol. The Morgan fingerprint density at radius 1 is 1.11 bits per heavy atom. The SMILES string of the molecule is Cc1ccc(Cl)c2sc(N(Cc3ccccc3)C(=O)C3CCN(S(=O)(=O)c4ccc(F)cc4F)CC3)nc12. The molecule has 0 atom stereocenters. The van der Waals surface area contributed by atoms with Crippen LogP contribution in [0.15, 0.2) is 65.6 Å². The first-order valence-corrected chi connectivity index (χ1v) is 14.6. The molecule has 38 heavy (non-hydrogen) atoms. The maximum atomic E-state index is 14.2. The molecule has 1 aliphatic heterocycles. The van der Waals surface area contributed by atoms with Crippen molar-refractivity contribution >= 4 is 54.2 Å². The van der Waals surface area contributed by atoms with Gasteiger partial charge in [-0.3, -0.25) is 9.69 Å². The van der Waals surface area contributed by atoms with Gasteiger partial charge in [0.25, 0.3) is 0 Å². The van der Waals surface area contributed by atoms with E-state index in [0.717, 1.165) is 37.8 Å². The topological polar surface area (TPSA) is 70.6 Å². The summed E-state index contributed by atoms with van der Waals surface area (Å²) in [4.78, 5) is 19.7. The molecule has 1 amide bonds. The summed E-state index contributed by atoms with van der Waals surface area (Å²) in [6, 6.07) is 15.6. The minimum absolute atomic E-state index is 0.0412. The van der Waals surface area contributed by atoms with Crippen LogP contribution in [-0.2, 0) is 21.4 Å². The summed E-state index contributed by atoms with van der Waals surface area (Å²) >= 11 is 7.77. The average molecular weight is 576 g/mol. The number of carbonyl (C=O) groups is 1. The third-order valence-corrected chi connectivity index (χ3v) is 10.2. The molecular weight excluding hydrogens is 552 g/mol. The number of rotatable bonds is 6. The van der Waals surface area contributed by atoms with Crippen molar-refractivity contribution in [2.24, 2.45) is 5.92 Å². The number of fused-ring (bicyclic) bond motifs is 1. The van der Waals surface area contributed by atoms with Crippen LogP contribution in [0.25, 0.3) is 10.2 Å². The summed E-state index contributed by atoms with van der Waals surface area (Å²) in [5.41, 5.74) is 2.62. The molecule has 1 aromatic heterocycles. The number of aryl methyl sites for hydroxylation is 1. The molecule has 1 fully saturated rings. The Bertz CT molecular complexity index is 1570. The van der Waals surface area contributed by atoms with E-state index < -0.39 is 32.5 Å². The Kier molecular flexibility index (Phi) is 7.50. The fourth-order valence-electron chi connectivity index (χ4n) is 4.60. The smallest absolute Gasteiger partial charge is 0.245 e. The first kappa shape index (κ1) is 26.7. The normalized spacial score (nSPS) is 15.2. The lowest BCUT2D eigenvalue weighted by Crippen LogP contribution is -2.44. The molecule has 1 aliphatic rings. The van der Waals surface area contributed by atoms with Gasteiger partial charge in [-0.15, -0.1) is 0 Å². The van der Waals surface area contributed by atoms with E-state index in [1.165, 1.54) is 11.3 Å². The van der Waals surface area contributed by atoms with Crippen molar-refractivity contribution in [2.45, 2.75) is 31.2 Å². The molecule has 2 heterocycles. The summed E-state index contributed by atoms with van der Waals surface area (Å²) in [5, 5.41) is 1.08. The van der Waals surface area contributed by atoms with E-state index in [2.05, 4.69) is 0 Å². The van der Waals surface area contributed by atoms with Crippen LogP contribution in [0.1, 0.15) is 24.0 Å². The largest absolute Gasteiger partial charge is 0.283 e. The van der Waals surface area contributed by atoms with Crippen LogP contribution >= 0.6 is 22.9 Å². The number of aromatic nitrogens is 1. The molecule has 0 unspecified atom stereocenters. The highest BCUT2D eigenvalue weighted by Gasteiger charge is 2.36. The van der Waals surface area contributed by atoms with Crippen molar-refractivity contribution in [3.8, 4) is 0 Å². The second-order valence-electron chi connectivity index (χ2n) is 9.20. The second-order valence-corrected chi connectivity index (χ2v) is 12.5. The van der Waals surface area contributed by atoms with Crippen molar-refractivity contribution < 1.29 is 22.0 Å². The maximum Gasteiger partial charge on any atom is 0.245 e. The molecule has 3 aromatic carbocycles. The minimum Gasteiger partial charge on any atom is -0.283 e. The number of sulfonamides is 1. The highest BCUT2D eigenvalue weighted by Crippen LogP contribution is 2.37. The predicted octanol–water partition coefficient (Wildman–Crippen LogP) is 6.17. The lowest BCUT2D eigenvalue weighted by molar-refractivity contribution is -0.123. The van der Waals surface area contributed by atoms with Gasteiger partial charge in [0.1, 0.15) is 16.5 Å². The standard InChI is InChI=1S/C27H24ClF2N3O3S2/c1-17-7-9-21(28)25-24(17)31-27(37-25)33(16-18-5-3-2-4-6-18)26(34)19-11-13-32(14-12-19)38(35,36)23-10-8-20(29)15-22(23)30/h2-10,15,19H,11-14,16H2,1H3. The number of amides is 1. The van der Waals surface area contributed by atoms with Gasteiger partial charge in [0.2, 0.25) is 15.9 Å². The first-order valence-electron chi connectivity index (χ1n) is 12.0. The van der Waals surface area contributed by atoms with Gasteiger partial charge in [0.05, 0.1) is 21.8 Å². The fraction of sp³-hybridized carbons (Fsp3) is 0.259. The summed E-state index contributed by atoms with van der Waals surface area (Å²) in [6.45, 7) is 2.32. The van der Waals surface area contributed by atoms with Crippen LogP contribution in [0.4, 0.5) is 13.9 Å². The van der Waals surface area contributed by atoms with Crippen LogP contribution in [0.2, 0.25) is 5.02 Å². The van der Waals surface area contributed by atoms with Gasteiger partial charge in [-0.05, 0) is 49.1 Å². The van der Waals surface area contributed by atoms with Crippen molar-refractivity contribution in [2.75, 3.05) is 18.0 Å². The second kappa shape index (κ2) is 10.7. The van der Waals surface area contributed by atoms with Gasteiger partial charge < -0.3 is 0 Å². The average Bonchev–Trinajstić information content (AvgIpc) is 3.36. The zero-order chi connectivity index (χ0) is 27.0. The molecule has 198 valence electrons. The number of thiazole rings is 1. The summed E-state index contributed by atoms with van der Waals surface area (Å²) in [5.74, 6) is -2.60. The van der Waals surface area contributed by atoms with Gasteiger partial charge in [0, 0.05) is 25.1 Å². The Balaban J connectivity index is 1.40. The molecule has 0 aliphatic carbocycles. The summed E-state index contributed by atoms with van der Waals surface area (Å²) in [6.07, 6.45) is 0.522. The minimum atomic E-state index is -4.16. The number of halogens is 3. The van der Waals surface area contributed by atoms with Gasteiger partial charge in [0.15, 0.2) is 5.13 Å². The Labute approximate surface area is 228 Å². The highest BCUT2D eigenvalue weighted by atomic mass is 35.5. The van der Waals surface area contributed by atoms with Crippen molar-refractivity contribution in [3.63, 3.8) is 0 Å². The first-order chi connectivity index (χ1) is 18.1. The molecule has 4 aromatic rings. The van der Waals surface area contributed by atoms with E-state index in [1.807, 2.05) is 49.4 Å². The van der Waals surface area contributed by atoms with Crippen LogP contribution in [-0.4, -0.2) is 36.7 Å². The monoisotopic (exact) mass is 575 g/mol. The molecular formula is C27H24ClF2N3O3S2. The van der Waals surface area contributed by atoms with E-state index in [0.29, 0.717) is 22.8 Å². The van der Waals surface area contributed by atoms with Gasteiger partial charge in [-0.2, -0.15) is 4.31 Å². The van der Waals surface area contributed by atoms with E-state index >= 15 is 0 Å². The van der Waals surface area contributed by atoms with Crippen molar-refractivity contribution in [3.05, 3.63) is 88.4 Å². The number of piperidine rings is 1. The van der Waals surface area contributed by atoms with Crippen LogP contribution < -0.4 is 4.90 Å². The lowest BCUT2D eigenvalue weighted by atomic mass is 9.96. The Morgan fingerprint density at radius 2 is 1.82 bits per heavy atom. The third kappa shape index (κ3) is 5.18. The number of nitrogens with zero attached hydrogens (tertiary/aromatic N) is 3. The van der Waals surface area contributed by atoms with E-state index in [-0.39, 0.29) is 31.8 Å². The zero-order valence-corrected chi connectivity index (χ0v) is 22.8. The third-order valence-electron chi connectivity index (χ3n) is 6.68. The number of hydrogen-bond donors (Lipinski definition) is 0. The molecule has 6 nitrogen and oxygen atoms in total. The zero-order valence-electron chi connectivity index (χ0n) is 20.4. The lowest BCUT2D eigenvalue weighted by Gasteiger charge is -2.33. The maximum absolute atomic E-state index is 14.2. The number of anilines is 1. The summed E-state index contributed by atoms with van der Waals surface area (Å²) < 4.78 is 55.5. The number of benzene rings is 3. The molecule has 0 spiro atoms. The van der Waals surface area contributed by atoms with E-state index in [9.17, 15) is 22.0 Å². The van der Waals surface area contributed by atoms with Gasteiger partial charge in [-0.25, -0.2) is 22.2 Å². The molecule has 5 rings (SSSR count). The molecule has 0 N–H and O–H groups in total. The Morgan fingerprint density at radius 3 is 2.47 bits per heavy atom. The molecule has 0 radical (unpaired) electrons. The Hall–Kier alpha value is -2.92.